The van der Waals surface area contributed by atoms with Gasteiger partial charge in [-0.2, -0.15) is 0 Å². The van der Waals surface area contributed by atoms with Crippen molar-refractivity contribution in [2.24, 2.45) is 0 Å². The number of halogens is 3. The molecule has 3 N–H and O–H groups in total. The molecule has 3 amide bonds. The second kappa shape index (κ2) is 11.0. The fourth-order valence-electron chi connectivity index (χ4n) is 3.83. The quantitative estimate of drug-likeness (QED) is 0.462. The molecule has 0 saturated heterocycles. The molecule has 0 aromatic heterocycles. The van der Waals surface area contributed by atoms with Crippen LogP contribution in [-0.2, 0) is 20.8 Å². The van der Waals surface area contributed by atoms with Crippen LogP contribution < -0.4 is 16.0 Å². The molecule has 3 atom stereocenters. The number of amides is 3. The molecule has 0 aliphatic carbocycles. The minimum atomic E-state index is -0.987. The van der Waals surface area contributed by atoms with E-state index < -0.39 is 58.9 Å². The van der Waals surface area contributed by atoms with Crippen LogP contribution in [0.5, 0.6) is 0 Å². The summed E-state index contributed by atoms with van der Waals surface area (Å²) in [6.07, 6.45) is -0.402. The summed E-state index contributed by atoms with van der Waals surface area (Å²) in [7, 11) is 0. The standard InChI is InChI=1S/C26H22F3N3O3S/c1-14(25(34)32-22(33)12-15-10-18(28)13-19(29)11-15)30-23-24(16-6-8-17(27)9-7-16)36-21-5-3-2-4-20(21)31-26(23)35/h2-11,13-14,23-24,30H,12H2,1H3,(H,31,35)(H,32,33,34)/t14-,23-,24+/m0/s1. The smallest absolute Gasteiger partial charge is 0.243 e. The number of para-hydroxylation sites is 1. The summed E-state index contributed by atoms with van der Waals surface area (Å²) in [5.74, 6) is -3.94. The van der Waals surface area contributed by atoms with Gasteiger partial charge in [-0.15, -0.1) is 11.8 Å². The molecule has 0 spiro atoms. The number of thioether (sulfide) groups is 1. The van der Waals surface area contributed by atoms with E-state index in [-0.39, 0.29) is 5.56 Å². The van der Waals surface area contributed by atoms with Crippen molar-refractivity contribution in [2.75, 3.05) is 5.32 Å². The van der Waals surface area contributed by atoms with Crippen molar-refractivity contribution in [3.05, 3.63) is 95.3 Å². The van der Waals surface area contributed by atoms with Gasteiger partial charge in [-0.1, -0.05) is 24.3 Å². The van der Waals surface area contributed by atoms with E-state index in [1.54, 1.807) is 24.3 Å². The number of hydrogen-bond acceptors (Lipinski definition) is 5. The Morgan fingerprint density at radius 2 is 1.64 bits per heavy atom. The molecule has 3 aromatic rings. The van der Waals surface area contributed by atoms with Crippen LogP contribution >= 0.6 is 11.8 Å². The predicted octanol–water partition coefficient (Wildman–Crippen LogP) is 4.12. The van der Waals surface area contributed by atoms with Crippen molar-refractivity contribution in [3.8, 4) is 0 Å². The second-order valence-corrected chi connectivity index (χ2v) is 9.49. The van der Waals surface area contributed by atoms with Crippen LogP contribution in [0.2, 0.25) is 0 Å². The van der Waals surface area contributed by atoms with Crippen LogP contribution in [0.1, 0.15) is 23.3 Å². The van der Waals surface area contributed by atoms with Gasteiger partial charge in [0, 0.05) is 11.0 Å². The number of anilines is 1. The number of benzene rings is 3. The SMILES string of the molecule is C[C@H](N[C@@H]1C(=O)Nc2ccccc2S[C@@H]1c1ccc(F)cc1)C(=O)NC(=O)Cc1cc(F)cc(F)c1. The summed E-state index contributed by atoms with van der Waals surface area (Å²) < 4.78 is 40.3. The Balaban J connectivity index is 1.50. The van der Waals surface area contributed by atoms with Crippen molar-refractivity contribution in [1.29, 1.82) is 0 Å². The number of carbonyl (C=O) groups excluding carboxylic acids is 3. The van der Waals surface area contributed by atoms with Crippen LogP contribution in [0, 0.1) is 17.5 Å². The lowest BCUT2D eigenvalue weighted by molar-refractivity contribution is -0.131. The van der Waals surface area contributed by atoms with Gasteiger partial charge in [-0.3, -0.25) is 25.0 Å². The Labute approximate surface area is 209 Å². The van der Waals surface area contributed by atoms with E-state index in [0.717, 1.165) is 17.0 Å². The zero-order valence-electron chi connectivity index (χ0n) is 19.1. The monoisotopic (exact) mass is 513 g/mol. The first kappa shape index (κ1) is 25.5. The fourth-order valence-corrected chi connectivity index (χ4v) is 5.14. The first-order chi connectivity index (χ1) is 17.2. The molecule has 3 aromatic carbocycles. The Morgan fingerprint density at radius 1 is 0.972 bits per heavy atom. The third kappa shape index (κ3) is 6.13. The van der Waals surface area contributed by atoms with Crippen molar-refractivity contribution in [2.45, 2.75) is 35.6 Å². The fraction of sp³-hybridized carbons (Fsp3) is 0.192. The average Bonchev–Trinajstić information content (AvgIpc) is 2.95. The average molecular weight is 514 g/mol. The zero-order valence-corrected chi connectivity index (χ0v) is 19.9. The Morgan fingerprint density at radius 3 is 2.33 bits per heavy atom. The number of hydrogen-bond donors (Lipinski definition) is 3. The molecule has 0 unspecified atom stereocenters. The molecular formula is C26H22F3N3O3S. The van der Waals surface area contributed by atoms with Gasteiger partial charge < -0.3 is 5.32 Å². The summed E-state index contributed by atoms with van der Waals surface area (Å²) >= 11 is 1.38. The molecule has 1 aliphatic heterocycles. The van der Waals surface area contributed by atoms with Gasteiger partial charge >= 0.3 is 0 Å². The van der Waals surface area contributed by atoms with Gasteiger partial charge in [0.1, 0.15) is 23.5 Å². The topological polar surface area (TPSA) is 87.3 Å². The molecule has 10 heteroatoms. The molecule has 1 heterocycles. The van der Waals surface area contributed by atoms with E-state index in [1.165, 1.54) is 30.8 Å². The van der Waals surface area contributed by atoms with Crippen molar-refractivity contribution in [3.63, 3.8) is 0 Å². The molecule has 4 rings (SSSR count). The van der Waals surface area contributed by atoms with E-state index in [9.17, 15) is 27.6 Å². The van der Waals surface area contributed by atoms with Gasteiger partial charge in [0.15, 0.2) is 0 Å². The van der Waals surface area contributed by atoms with Gasteiger partial charge in [0.25, 0.3) is 0 Å². The molecule has 186 valence electrons. The lowest BCUT2D eigenvalue weighted by Gasteiger charge is -2.27. The van der Waals surface area contributed by atoms with Crippen LogP contribution in [-0.4, -0.2) is 29.8 Å². The molecule has 0 saturated carbocycles. The van der Waals surface area contributed by atoms with Crippen molar-refractivity contribution < 1.29 is 27.6 Å². The van der Waals surface area contributed by atoms with Crippen LogP contribution in [0.15, 0.2) is 71.6 Å². The third-order valence-corrected chi connectivity index (χ3v) is 6.96. The minimum absolute atomic E-state index is 0.0760. The van der Waals surface area contributed by atoms with E-state index in [0.29, 0.717) is 17.3 Å². The van der Waals surface area contributed by atoms with Crippen molar-refractivity contribution >= 4 is 35.2 Å². The third-order valence-electron chi connectivity index (χ3n) is 5.56. The number of rotatable bonds is 6. The first-order valence-corrected chi connectivity index (χ1v) is 11.9. The molecule has 36 heavy (non-hydrogen) atoms. The number of carbonyl (C=O) groups is 3. The lowest BCUT2D eigenvalue weighted by atomic mass is 10.0. The summed E-state index contributed by atoms with van der Waals surface area (Å²) in [4.78, 5) is 39.0. The summed E-state index contributed by atoms with van der Waals surface area (Å²) in [6, 6.07) is 13.8. The van der Waals surface area contributed by atoms with Gasteiger partial charge in [-0.05, 0) is 54.4 Å². The Kier molecular flexibility index (Phi) is 7.76. The van der Waals surface area contributed by atoms with Crippen LogP contribution in [0.3, 0.4) is 0 Å². The van der Waals surface area contributed by atoms with Gasteiger partial charge in [0.2, 0.25) is 17.7 Å². The number of imide groups is 1. The maximum atomic E-state index is 13.6. The maximum Gasteiger partial charge on any atom is 0.243 e. The van der Waals surface area contributed by atoms with Gasteiger partial charge in [-0.25, -0.2) is 13.2 Å². The molecule has 6 nitrogen and oxygen atoms in total. The minimum Gasteiger partial charge on any atom is -0.324 e. The van der Waals surface area contributed by atoms with E-state index in [1.807, 2.05) is 12.1 Å². The molecule has 0 bridgehead atoms. The summed E-state index contributed by atoms with van der Waals surface area (Å²) in [5.41, 5.74) is 1.35. The van der Waals surface area contributed by atoms with Gasteiger partial charge in [0.05, 0.1) is 23.4 Å². The predicted molar refractivity (Wildman–Crippen MR) is 130 cm³/mol. The highest BCUT2D eigenvalue weighted by Gasteiger charge is 2.36. The highest BCUT2D eigenvalue weighted by molar-refractivity contribution is 7.99. The lowest BCUT2D eigenvalue weighted by Crippen LogP contribution is -2.53. The molecule has 1 aliphatic rings. The van der Waals surface area contributed by atoms with Crippen molar-refractivity contribution in [1.82, 2.24) is 10.6 Å². The second-order valence-electron chi connectivity index (χ2n) is 8.31. The highest BCUT2D eigenvalue weighted by atomic mass is 32.2. The Hall–Kier alpha value is -3.63. The summed E-state index contributed by atoms with van der Waals surface area (Å²) in [6.45, 7) is 1.49. The molecular weight excluding hydrogens is 491 g/mol. The first-order valence-electron chi connectivity index (χ1n) is 11.1. The Bertz CT molecular complexity index is 1280. The largest absolute Gasteiger partial charge is 0.324 e. The van der Waals surface area contributed by atoms with Crippen LogP contribution in [0.4, 0.5) is 18.9 Å². The number of nitrogens with one attached hydrogen (secondary N) is 3. The normalized spacial score (nSPS) is 17.9. The molecule has 0 fully saturated rings. The van der Waals surface area contributed by atoms with E-state index in [4.69, 9.17) is 0 Å². The van der Waals surface area contributed by atoms with E-state index >= 15 is 0 Å². The molecule has 0 radical (unpaired) electrons. The highest BCUT2D eigenvalue weighted by Crippen LogP contribution is 2.43. The van der Waals surface area contributed by atoms with Crippen LogP contribution in [0.25, 0.3) is 0 Å². The number of fused-ring (bicyclic) bond motifs is 1. The maximum absolute atomic E-state index is 13.6. The summed E-state index contributed by atoms with van der Waals surface area (Å²) in [5, 5.41) is 7.50. The van der Waals surface area contributed by atoms with E-state index in [2.05, 4.69) is 16.0 Å². The zero-order chi connectivity index (χ0) is 25.8.